The average molecular weight is 296 g/mol. The zero-order valence-corrected chi connectivity index (χ0v) is 11.6. The number of hydrogen-bond acceptors (Lipinski definition) is 6. The van der Waals surface area contributed by atoms with Gasteiger partial charge >= 0.3 is 5.97 Å². The highest BCUT2D eigenvalue weighted by atomic mass is 32.2. The van der Waals surface area contributed by atoms with Gasteiger partial charge in [0.2, 0.25) is 0 Å². The fraction of sp³-hybridized carbons (Fsp3) is 0.273. The Morgan fingerprint density at radius 2 is 1.95 bits per heavy atom. The summed E-state index contributed by atoms with van der Waals surface area (Å²) < 4.78 is 25.3. The molecule has 0 saturated heterocycles. The van der Waals surface area contributed by atoms with Gasteiger partial charge in [-0.3, -0.25) is 0 Å². The van der Waals surface area contributed by atoms with Crippen LogP contribution in [0.2, 0.25) is 0 Å². The highest BCUT2D eigenvalue weighted by Gasteiger charge is 2.29. The molecule has 0 amide bonds. The summed E-state index contributed by atoms with van der Waals surface area (Å²) in [4.78, 5) is 22.7. The van der Waals surface area contributed by atoms with E-state index in [1.165, 1.54) is 37.3 Å². The first-order valence-corrected chi connectivity index (χ1v) is 7.32. The molecule has 106 valence electrons. The Bertz CT molecular complexity index is 752. The van der Waals surface area contributed by atoms with E-state index in [2.05, 4.69) is 15.0 Å². The van der Waals surface area contributed by atoms with Gasteiger partial charge in [0.05, 0.1) is 11.3 Å². The van der Waals surface area contributed by atoms with Crippen LogP contribution in [0, 0.1) is 0 Å². The zero-order chi connectivity index (χ0) is 14.9. The first-order valence-electron chi connectivity index (χ1n) is 5.66. The van der Waals surface area contributed by atoms with Crippen molar-refractivity contribution in [3.05, 3.63) is 24.4 Å². The molecule has 0 radical (unpaired) electrons. The van der Waals surface area contributed by atoms with Crippen LogP contribution < -0.4 is 0 Å². The quantitative estimate of drug-likeness (QED) is 0.866. The van der Waals surface area contributed by atoms with Crippen LogP contribution in [-0.4, -0.2) is 44.8 Å². The van der Waals surface area contributed by atoms with Crippen molar-refractivity contribution >= 4 is 15.8 Å². The second-order valence-corrected chi connectivity index (χ2v) is 6.18. The van der Waals surface area contributed by atoms with Crippen molar-refractivity contribution in [3.63, 3.8) is 0 Å². The maximum absolute atomic E-state index is 12.0. The molecule has 0 atom stereocenters. The van der Waals surface area contributed by atoms with Crippen LogP contribution in [0.1, 0.15) is 17.4 Å². The molecule has 0 aromatic carbocycles. The molecular weight excluding hydrogens is 284 g/mol. The van der Waals surface area contributed by atoms with Gasteiger partial charge in [0.25, 0.3) is 0 Å². The monoisotopic (exact) mass is 296 g/mol. The molecule has 0 aliphatic heterocycles. The molecule has 0 saturated carbocycles. The van der Waals surface area contributed by atoms with E-state index in [4.69, 9.17) is 5.11 Å². The minimum absolute atomic E-state index is 0.190. The van der Waals surface area contributed by atoms with Crippen molar-refractivity contribution in [1.82, 2.24) is 19.5 Å². The number of aromatic nitrogens is 4. The van der Waals surface area contributed by atoms with Gasteiger partial charge in [0.15, 0.2) is 20.6 Å². The molecule has 2 rings (SSSR count). The van der Waals surface area contributed by atoms with E-state index in [9.17, 15) is 13.2 Å². The van der Waals surface area contributed by atoms with Crippen LogP contribution >= 0.6 is 0 Å². The van der Waals surface area contributed by atoms with Gasteiger partial charge < -0.3 is 9.67 Å². The highest BCUT2D eigenvalue weighted by Crippen LogP contribution is 2.24. The lowest BCUT2D eigenvalue weighted by atomic mass is 10.3. The average Bonchev–Trinajstić information content (AvgIpc) is 2.78. The summed E-state index contributed by atoms with van der Waals surface area (Å²) in [5, 5.41) is 8.82. The predicted molar refractivity (Wildman–Crippen MR) is 68.9 cm³/mol. The Balaban J connectivity index is 2.77. The largest absolute Gasteiger partial charge is 0.476 e. The van der Waals surface area contributed by atoms with E-state index in [1.54, 1.807) is 0 Å². The second-order valence-electron chi connectivity index (χ2n) is 3.98. The standard InChI is InChI=1S/C11H12N4O4S/c1-3-20(18,19)10-8(11(16)17)14-9(15(10)2)7-4-12-6-13-5-7/h4-6H,3H2,1-2H3,(H,16,17). The third-order valence-electron chi connectivity index (χ3n) is 2.74. The summed E-state index contributed by atoms with van der Waals surface area (Å²) in [7, 11) is -2.26. The van der Waals surface area contributed by atoms with Crippen molar-refractivity contribution in [2.45, 2.75) is 11.9 Å². The van der Waals surface area contributed by atoms with Gasteiger partial charge in [-0.2, -0.15) is 0 Å². The van der Waals surface area contributed by atoms with Crippen molar-refractivity contribution in [3.8, 4) is 11.4 Å². The van der Waals surface area contributed by atoms with Crippen LogP contribution in [-0.2, 0) is 16.9 Å². The second kappa shape index (κ2) is 5.00. The smallest absolute Gasteiger partial charge is 0.357 e. The molecule has 2 aromatic rings. The molecule has 8 nitrogen and oxygen atoms in total. The minimum Gasteiger partial charge on any atom is -0.476 e. The predicted octanol–water partition coefficient (Wildman–Crippen LogP) is 0.369. The lowest BCUT2D eigenvalue weighted by molar-refractivity contribution is 0.0686. The Morgan fingerprint density at radius 1 is 1.35 bits per heavy atom. The summed E-state index contributed by atoms with van der Waals surface area (Å²) >= 11 is 0. The Hall–Kier alpha value is -2.29. The number of rotatable bonds is 4. The van der Waals surface area contributed by atoms with E-state index in [0.717, 1.165) is 0 Å². The topological polar surface area (TPSA) is 115 Å². The molecule has 9 heteroatoms. The molecule has 0 bridgehead atoms. The van der Waals surface area contributed by atoms with Gasteiger partial charge in [-0.1, -0.05) is 6.92 Å². The number of imidazole rings is 1. The van der Waals surface area contributed by atoms with E-state index < -0.39 is 21.5 Å². The lowest BCUT2D eigenvalue weighted by Gasteiger charge is -2.05. The fourth-order valence-electron chi connectivity index (χ4n) is 1.79. The Labute approximate surface area is 115 Å². The minimum atomic E-state index is -3.71. The summed E-state index contributed by atoms with van der Waals surface area (Å²) in [6.45, 7) is 1.44. The first-order chi connectivity index (χ1) is 9.38. The van der Waals surface area contributed by atoms with E-state index in [1.807, 2.05) is 0 Å². The molecule has 0 aliphatic rings. The van der Waals surface area contributed by atoms with Crippen LogP contribution in [0.4, 0.5) is 0 Å². The van der Waals surface area contributed by atoms with E-state index in [0.29, 0.717) is 5.56 Å². The van der Waals surface area contributed by atoms with Gasteiger partial charge in [-0.25, -0.2) is 28.2 Å². The van der Waals surface area contributed by atoms with Crippen molar-refractivity contribution in [2.75, 3.05) is 5.75 Å². The van der Waals surface area contributed by atoms with Crippen LogP contribution in [0.3, 0.4) is 0 Å². The van der Waals surface area contributed by atoms with Crippen molar-refractivity contribution in [1.29, 1.82) is 0 Å². The molecule has 0 aliphatic carbocycles. The Kier molecular flexibility index (Phi) is 3.53. The third kappa shape index (κ3) is 2.27. The maximum atomic E-state index is 12.0. The zero-order valence-electron chi connectivity index (χ0n) is 10.8. The van der Waals surface area contributed by atoms with E-state index >= 15 is 0 Å². The number of carboxylic acid groups (broad SMARTS) is 1. The number of hydrogen-bond donors (Lipinski definition) is 1. The van der Waals surface area contributed by atoms with Gasteiger partial charge in [0, 0.05) is 19.4 Å². The molecule has 0 fully saturated rings. The van der Waals surface area contributed by atoms with Crippen LogP contribution in [0.15, 0.2) is 23.7 Å². The molecule has 0 unspecified atom stereocenters. The summed E-state index contributed by atoms with van der Waals surface area (Å²) in [6, 6.07) is 0. The van der Waals surface area contributed by atoms with Crippen LogP contribution in [0.25, 0.3) is 11.4 Å². The molecule has 0 spiro atoms. The number of carbonyl (C=O) groups is 1. The molecular formula is C11H12N4O4S. The molecule has 2 aromatic heterocycles. The summed E-state index contributed by atoms with van der Waals surface area (Å²) in [5.41, 5.74) is -0.0525. The SMILES string of the molecule is CCS(=O)(=O)c1c(C(=O)O)nc(-c2cncnc2)n1C. The summed E-state index contributed by atoms with van der Waals surface area (Å²) in [6.07, 6.45) is 4.18. The van der Waals surface area contributed by atoms with Crippen molar-refractivity contribution < 1.29 is 18.3 Å². The number of carboxylic acids is 1. The number of sulfone groups is 1. The first kappa shape index (κ1) is 14.1. The Morgan fingerprint density at radius 3 is 2.45 bits per heavy atom. The van der Waals surface area contributed by atoms with Crippen molar-refractivity contribution in [2.24, 2.45) is 7.05 Å². The molecule has 20 heavy (non-hydrogen) atoms. The maximum Gasteiger partial charge on any atom is 0.357 e. The van der Waals surface area contributed by atoms with Gasteiger partial charge in [0.1, 0.15) is 12.2 Å². The third-order valence-corrected chi connectivity index (χ3v) is 4.56. The normalized spacial score (nSPS) is 11.5. The van der Waals surface area contributed by atoms with Gasteiger partial charge in [-0.15, -0.1) is 0 Å². The van der Waals surface area contributed by atoms with Gasteiger partial charge in [-0.05, 0) is 0 Å². The highest BCUT2D eigenvalue weighted by molar-refractivity contribution is 7.91. The lowest BCUT2D eigenvalue weighted by Crippen LogP contribution is -2.14. The molecule has 1 N–H and O–H groups in total. The van der Waals surface area contributed by atoms with E-state index in [-0.39, 0.29) is 16.6 Å². The van der Waals surface area contributed by atoms with Crippen LogP contribution in [0.5, 0.6) is 0 Å². The summed E-state index contributed by atoms with van der Waals surface area (Å²) in [5.74, 6) is -1.41. The molecule has 2 heterocycles. The fourth-order valence-corrected chi connectivity index (χ4v) is 2.99. The number of aromatic carboxylic acids is 1. The number of nitrogens with zero attached hydrogens (tertiary/aromatic N) is 4.